The second-order valence-electron chi connectivity index (χ2n) is 5.04. The maximum Gasteiger partial charge on any atom is 0.271 e. The average Bonchev–Trinajstić information content (AvgIpc) is 2.41. The molecule has 0 bridgehead atoms. The van der Waals surface area contributed by atoms with Crippen LogP contribution in [0.25, 0.3) is 0 Å². The van der Waals surface area contributed by atoms with Crippen LogP contribution in [-0.4, -0.2) is 4.92 Å². The molecule has 20 heavy (non-hydrogen) atoms. The zero-order valence-electron chi connectivity index (χ0n) is 11.9. The largest absolute Gasteiger partial charge is 0.378 e. The molecule has 4 nitrogen and oxygen atoms in total. The smallest absolute Gasteiger partial charge is 0.271 e. The predicted octanol–water partition coefficient (Wildman–Crippen LogP) is 4.38. The van der Waals surface area contributed by atoms with E-state index >= 15 is 0 Å². The molecule has 0 saturated carbocycles. The lowest BCUT2D eigenvalue weighted by Gasteiger charge is -2.17. The number of nitrogens with one attached hydrogen (secondary N) is 1. The maximum absolute atomic E-state index is 10.8. The number of hydrogen-bond donors (Lipinski definition) is 1. The Bertz CT molecular complexity index is 638. The molecule has 2 aromatic carbocycles. The van der Waals surface area contributed by atoms with Gasteiger partial charge in [0.1, 0.15) is 0 Å². The average molecular weight is 270 g/mol. The third-order valence-corrected chi connectivity index (χ3v) is 3.35. The Morgan fingerprint density at radius 2 is 1.90 bits per heavy atom. The van der Waals surface area contributed by atoms with Gasteiger partial charge in [0, 0.05) is 23.9 Å². The van der Waals surface area contributed by atoms with Crippen molar-refractivity contribution < 1.29 is 4.92 Å². The van der Waals surface area contributed by atoms with Gasteiger partial charge >= 0.3 is 0 Å². The van der Waals surface area contributed by atoms with Crippen molar-refractivity contribution in [3.8, 4) is 0 Å². The highest BCUT2D eigenvalue weighted by Crippen LogP contribution is 2.26. The highest BCUT2D eigenvalue weighted by atomic mass is 16.6. The molecule has 1 atom stereocenters. The van der Waals surface area contributed by atoms with Crippen LogP contribution in [0.5, 0.6) is 0 Å². The van der Waals surface area contributed by atoms with E-state index in [1.807, 2.05) is 19.9 Å². The van der Waals surface area contributed by atoms with Gasteiger partial charge in [0.05, 0.1) is 4.92 Å². The molecule has 0 amide bonds. The second-order valence-corrected chi connectivity index (χ2v) is 5.04. The van der Waals surface area contributed by atoms with Crippen LogP contribution in [0.1, 0.15) is 29.7 Å². The lowest BCUT2D eigenvalue weighted by Crippen LogP contribution is -2.08. The fourth-order valence-electron chi connectivity index (χ4n) is 2.14. The van der Waals surface area contributed by atoms with E-state index in [0.29, 0.717) is 0 Å². The molecule has 0 aliphatic rings. The Hall–Kier alpha value is -2.36. The zero-order chi connectivity index (χ0) is 14.7. The molecule has 0 aliphatic heterocycles. The number of nitro benzene ring substituents is 1. The van der Waals surface area contributed by atoms with Gasteiger partial charge in [-0.2, -0.15) is 0 Å². The highest BCUT2D eigenvalue weighted by molar-refractivity contribution is 5.57. The van der Waals surface area contributed by atoms with Gasteiger partial charge in [-0.3, -0.25) is 10.1 Å². The summed E-state index contributed by atoms with van der Waals surface area (Å²) in [5.74, 6) is 0. The van der Waals surface area contributed by atoms with E-state index in [9.17, 15) is 10.1 Å². The minimum Gasteiger partial charge on any atom is -0.378 e. The lowest BCUT2D eigenvalue weighted by molar-refractivity contribution is -0.384. The number of rotatable bonds is 4. The summed E-state index contributed by atoms with van der Waals surface area (Å²) in [6.45, 7) is 6.04. The van der Waals surface area contributed by atoms with Crippen molar-refractivity contribution in [2.45, 2.75) is 26.8 Å². The van der Waals surface area contributed by atoms with E-state index in [1.165, 1.54) is 11.6 Å². The molecule has 0 aromatic heterocycles. The van der Waals surface area contributed by atoms with Crippen molar-refractivity contribution in [2.75, 3.05) is 5.32 Å². The molecule has 1 unspecified atom stereocenters. The van der Waals surface area contributed by atoms with E-state index in [-0.39, 0.29) is 16.7 Å². The molecule has 0 heterocycles. The molecule has 2 rings (SSSR count). The van der Waals surface area contributed by atoms with Crippen molar-refractivity contribution in [3.63, 3.8) is 0 Å². The van der Waals surface area contributed by atoms with E-state index in [2.05, 4.69) is 30.4 Å². The molecular formula is C16H18N2O2. The van der Waals surface area contributed by atoms with Crippen LogP contribution in [0.3, 0.4) is 0 Å². The maximum atomic E-state index is 10.8. The van der Waals surface area contributed by atoms with E-state index in [4.69, 9.17) is 0 Å². The molecule has 0 aliphatic carbocycles. The summed E-state index contributed by atoms with van der Waals surface area (Å²) in [5, 5.41) is 14.2. The number of benzene rings is 2. The second kappa shape index (κ2) is 5.74. The summed E-state index contributed by atoms with van der Waals surface area (Å²) in [4.78, 5) is 10.5. The molecular weight excluding hydrogens is 252 g/mol. The van der Waals surface area contributed by atoms with Crippen LogP contribution in [-0.2, 0) is 0 Å². The van der Waals surface area contributed by atoms with E-state index in [0.717, 1.165) is 16.8 Å². The topological polar surface area (TPSA) is 55.2 Å². The third-order valence-electron chi connectivity index (χ3n) is 3.35. The SMILES string of the molecule is Cc1cccc(C(C)Nc2cc([N+](=O)[O-])ccc2C)c1. The van der Waals surface area contributed by atoms with Gasteiger partial charge in [0.15, 0.2) is 0 Å². The Balaban J connectivity index is 2.25. The minimum absolute atomic E-state index is 0.0932. The number of anilines is 1. The van der Waals surface area contributed by atoms with Crippen molar-refractivity contribution >= 4 is 11.4 Å². The van der Waals surface area contributed by atoms with Crippen molar-refractivity contribution in [2.24, 2.45) is 0 Å². The van der Waals surface area contributed by atoms with Gasteiger partial charge in [-0.05, 0) is 31.9 Å². The lowest BCUT2D eigenvalue weighted by atomic mass is 10.0. The van der Waals surface area contributed by atoms with Crippen LogP contribution in [0.15, 0.2) is 42.5 Å². The first-order chi connectivity index (χ1) is 9.47. The highest BCUT2D eigenvalue weighted by Gasteiger charge is 2.11. The molecule has 1 N–H and O–H groups in total. The Kier molecular flexibility index (Phi) is 4.03. The number of aryl methyl sites for hydroxylation is 2. The van der Waals surface area contributed by atoms with Crippen molar-refractivity contribution in [1.29, 1.82) is 0 Å². The Labute approximate surface area is 118 Å². The van der Waals surface area contributed by atoms with Gasteiger partial charge in [0.25, 0.3) is 5.69 Å². The van der Waals surface area contributed by atoms with Crippen LogP contribution in [0.4, 0.5) is 11.4 Å². The van der Waals surface area contributed by atoms with Gasteiger partial charge in [-0.25, -0.2) is 0 Å². The number of non-ortho nitro benzene ring substituents is 1. The van der Waals surface area contributed by atoms with Gasteiger partial charge < -0.3 is 5.32 Å². The standard InChI is InChI=1S/C16H18N2O2/c1-11-5-4-6-14(9-11)13(3)17-16-10-15(18(19)20)8-7-12(16)2/h4-10,13,17H,1-3H3. The zero-order valence-corrected chi connectivity index (χ0v) is 11.9. The fourth-order valence-corrected chi connectivity index (χ4v) is 2.14. The molecule has 0 radical (unpaired) electrons. The van der Waals surface area contributed by atoms with Crippen molar-refractivity contribution in [1.82, 2.24) is 0 Å². The molecule has 0 spiro atoms. The van der Waals surface area contributed by atoms with E-state index < -0.39 is 0 Å². The van der Waals surface area contributed by atoms with Gasteiger partial charge in [-0.1, -0.05) is 35.9 Å². The normalized spacial score (nSPS) is 11.9. The monoisotopic (exact) mass is 270 g/mol. The number of nitro groups is 1. The minimum atomic E-state index is -0.373. The summed E-state index contributed by atoms with van der Waals surface area (Å²) in [7, 11) is 0. The first-order valence-corrected chi connectivity index (χ1v) is 6.55. The van der Waals surface area contributed by atoms with Gasteiger partial charge in [-0.15, -0.1) is 0 Å². The number of hydrogen-bond acceptors (Lipinski definition) is 3. The van der Waals surface area contributed by atoms with Gasteiger partial charge in [0.2, 0.25) is 0 Å². The third kappa shape index (κ3) is 3.15. The summed E-state index contributed by atoms with van der Waals surface area (Å²) < 4.78 is 0. The molecule has 2 aromatic rings. The predicted molar refractivity (Wildman–Crippen MR) is 81.1 cm³/mol. The summed E-state index contributed by atoms with van der Waals surface area (Å²) >= 11 is 0. The first kappa shape index (κ1) is 14.1. The quantitative estimate of drug-likeness (QED) is 0.662. The van der Waals surface area contributed by atoms with Crippen LogP contribution >= 0.6 is 0 Å². The Morgan fingerprint density at radius 1 is 1.15 bits per heavy atom. The number of nitrogens with zero attached hydrogens (tertiary/aromatic N) is 1. The Morgan fingerprint density at radius 3 is 2.55 bits per heavy atom. The van der Waals surface area contributed by atoms with Crippen LogP contribution in [0.2, 0.25) is 0 Å². The summed E-state index contributed by atoms with van der Waals surface area (Å²) in [5.41, 5.74) is 4.26. The molecule has 0 saturated heterocycles. The van der Waals surface area contributed by atoms with Crippen LogP contribution < -0.4 is 5.32 Å². The van der Waals surface area contributed by atoms with Crippen LogP contribution in [0, 0.1) is 24.0 Å². The molecule has 104 valence electrons. The molecule has 0 fully saturated rings. The van der Waals surface area contributed by atoms with Crippen molar-refractivity contribution in [3.05, 3.63) is 69.3 Å². The summed E-state index contributed by atoms with van der Waals surface area (Å²) in [6.07, 6.45) is 0. The summed E-state index contributed by atoms with van der Waals surface area (Å²) in [6, 6.07) is 13.2. The fraction of sp³-hybridized carbons (Fsp3) is 0.250. The molecule has 4 heteroatoms. The van der Waals surface area contributed by atoms with E-state index in [1.54, 1.807) is 12.1 Å². The first-order valence-electron chi connectivity index (χ1n) is 6.55.